The van der Waals surface area contributed by atoms with Crippen LogP contribution in [0.15, 0.2) is 42.6 Å². The second-order valence-corrected chi connectivity index (χ2v) is 5.71. The average Bonchev–Trinajstić information content (AvgIpc) is 2.46. The molecule has 2 N–H and O–H groups in total. The first-order chi connectivity index (χ1) is 10.0. The molecule has 2 aromatic rings. The molecule has 0 saturated heterocycles. The topological polar surface area (TPSA) is 75.1 Å². The molecule has 0 bridgehead atoms. The first-order valence-electron chi connectivity index (χ1n) is 6.95. The van der Waals surface area contributed by atoms with E-state index in [-0.39, 0.29) is 11.9 Å². The highest BCUT2D eigenvalue weighted by molar-refractivity contribution is 5.92. The highest BCUT2D eigenvalue weighted by Gasteiger charge is 2.39. The molecule has 3 rings (SSSR count). The van der Waals surface area contributed by atoms with Crippen molar-refractivity contribution in [2.45, 2.75) is 31.4 Å². The number of benzene rings is 1. The van der Waals surface area contributed by atoms with Crippen molar-refractivity contribution in [2.75, 3.05) is 0 Å². The van der Waals surface area contributed by atoms with Crippen LogP contribution in [0.4, 0.5) is 0 Å². The molecule has 1 amide bonds. The zero-order valence-corrected chi connectivity index (χ0v) is 11.8. The highest BCUT2D eigenvalue weighted by atomic mass is 16.3. The molecule has 1 aromatic carbocycles. The van der Waals surface area contributed by atoms with Gasteiger partial charge in [-0.05, 0) is 25.8 Å². The summed E-state index contributed by atoms with van der Waals surface area (Å²) in [6.45, 7) is 1.77. The van der Waals surface area contributed by atoms with Crippen LogP contribution < -0.4 is 5.32 Å². The number of amides is 1. The van der Waals surface area contributed by atoms with E-state index in [4.69, 9.17) is 0 Å². The summed E-state index contributed by atoms with van der Waals surface area (Å²) < 4.78 is 0. The van der Waals surface area contributed by atoms with Crippen molar-refractivity contribution in [1.82, 2.24) is 15.3 Å². The Bertz CT molecular complexity index is 648. The highest BCUT2D eigenvalue weighted by Crippen LogP contribution is 2.31. The van der Waals surface area contributed by atoms with Gasteiger partial charge in [0.1, 0.15) is 5.69 Å². The van der Waals surface area contributed by atoms with Crippen LogP contribution in [-0.2, 0) is 0 Å². The van der Waals surface area contributed by atoms with Crippen molar-refractivity contribution < 1.29 is 9.90 Å². The molecule has 0 atom stereocenters. The Morgan fingerprint density at radius 1 is 1.29 bits per heavy atom. The van der Waals surface area contributed by atoms with Crippen molar-refractivity contribution in [2.24, 2.45) is 0 Å². The standard InChI is InChI=1S/C16H17N3O2/c1-16(21)9-12(10-16)18-15(20)13-7-8-17-14(19-13)11-5-3-2-4-6-11/h2-8,12,21H,9-10H2,1H3,(H,18,20). The summed E-state index contributed by atoms with van der Waals surface area (Å²) in [7, 11) is 0. The fourth-order valence-electron chi connectivity index (χ4n) is 2.57. The number of aromatic nitrogens is 2. The second kappa shape index (κ2) is 5.26. The Hall–Kier alpha value is -2.27. The Morgan fingerprint density at radius 2 is 2.00 bits per heavy atom. The molecule has 108 valence electrons. The first-order valence-corrected chi connectivity index (χ1v) is 6.95. The number of rotatable bonds is 3. The summed E-state index contributed by atoms with van der Waals surface area (Å²) in [4.78, 5) is 20.7. The third-order valence-corrected chi connectivity index (χ3v) is 3.63. The number of hydrogen-bond donors (Lipinski definition) is 2. The molecule has 5 nitrogen and oxygen atoms in total. The minimum Gasteiger partial charge on any atom is -0.390 e. The van der Waals surface area contributed by atoms with Crippen molar-refractivity contribution in [3.8, 4) is 11.4 Å². The molecule has 0 unspecified atom stereocenters. The average molecular weight is 283 g/mol. The third kappa shape index (κ3) is 3.08. The minimum atomic E-state index is -0.654. The van der Waals surface area contributed by atoms with Crippen molar-refractivity contribution >= 4 is 5.91 Å². The molecule has 1 fully saturated rings. The third-order valence-electron chi connectivity index (χ3n) is 3.63. The Balaban J connectivity index is 1.73. The summed E-state index contributed by atoms with van der Waals surface area (Å²) >= 11 is 0. The normalized spacial score (nSPS) is 24.2. The van der Waals surface area contributed by atoms with Gasteiger partial charge >= 0.3 is 0 Å². The van der Waals surface area contributed by atoms with Gasteiger partial charge in [0, 0.05) is 17.8 Å². The van der Waals surface area contributed by atoms with Gasteiger partial charge in [-0.3, -0.25) is 4.79 Å². The van der Waals surface area contributed by atoms with Crippen LogP contribution in [0.3, 0.4) is 0 Å². The van der Waals surface area contributed by atoms with E-state index in [2.05, 4.69) is 15.3 Å². The lowest BCUT2D eigenvalue weighted by atomic mass is 9.77. The fourth-order valence-corrected chi connectivity index (χ4v) is 2.57. The molecule has 0 radical (unpaired) electrons. The number of carbonyl (C=O) groups excluding carboxylic acids is 1. The number of hydrogen-bond acceptors (Lipinski definition) is 4. The molecule has 5 heteroatoms. The quantitative estimate of drug-likeness (QED) is 0.900. The van der Waals surface area contributed by atoms with E-state index in [1.54, 1.807) is 19.2 Å². The molecule has 1 saturated carbocycles. The molecular weight excluding hydrogens is 266 g/mol. The molecular formula is C16H17N3O2. The first kappa shape index (κ1) is 13.7. The van der Waals surface area contributed by atoms with Crippen LogP contribution in [0.2, 0.25) is 0 Å². The summed E-state index contributed by atoms with van der Waals surface area (Å²) in [5.74, 6) is 0.305. The van der Waals surface area contributed by atoms with Crippen LogP contribution in [0, 0.1) is 0 Å². The summed E-state index contributed by atoms with van der Waals surface area (Å²) in [6.07, 6.45) is 2.74. The zero-order chi connectivity index (χ0) is 14.9. The van der Waals surface area contributed by atoms with Crippen LogP contribution in [0.1, 0.15) is 30.3 Å². The maximum absolute atomic E-state index is 12.2. The van der Waals surface area contributed by atoms with E-state index in [1.807, 2.05) is 30.3 Å². The molecule has 1 aromatic heterocycles. The lowest BCUT2D eigenvalue weighted by Crippen LogP contribution is -2.53. The van der Waals surface area contributed by atoms with Gasteiger partial charge in [0.05, 0.1) is 5.60 Å². The van der Waals surface area contributed by atoms with E-state index in [9.17, 15) is 9.90 Å². The van der Waals surface area contributed by atoms with Gasteiger partial charge in [0.2, 0.25) is 0 Å². The van der Waals surface area contributed by atoms with Gasteiger partial charge in [-0.1, -0.05) is 30.3 Å². The molecule has 1 aliphatic rings. The van der Waals surface area contributed by atoms with Gasteiger partial charge < -0.3 is 10.4 Å². The van der Waals surface area contributed by atoms with Crippen molar-refractivity contribution in [3.63, 3.8) is 0 Å². The minimum absolute atomic E-state index is 0.0163. The number of aliphatic hydroxyl groups is 1. The molecule has 1 heterocycles. The van der Waals surface area contributed by atoms with Crippen molar-refractivity contribution in [3.05, 3.63) is 48.3 Å². The van der Waals surface area contributed by atoms with Crippen LogP contribution >= 0.6 is 0 Å². The SMILES string of the molecule is CC1(O)CC(NC(=O)c2ccnc(-c3ccccc3)n2)C1. The molecule has 1 aliphatic carbocycles. The summed E-state index contributed by atoms with van der Waals surface area (Å²) in [6, 6.07) is 11.1. The number of nitrogens with one attached hydrogen (secondary N) is 1. The molecule has 0 aliphatic heterocycles. The van der Waals surface area contributed by atoms with Crippen LogP contribution in [0.5, 0.6) is 0 Å². The largest absolute Gasteiger partial charge is 0.390 e. The lowest BCUT2D eigenvalue weighted by Gasteiger charge is -2.41. The summed E-state index contributed by atoms with van der Waals surface area (Å²) in [5.41, 5.74) is 0.563. The van der Waals surface area contributed by atoms with E-state index in [0.29, 0.717) is 24.4 Å². The van der Waals surface area contributed by atoms with E-state index in [1.165, 1.54) is 0 Å². The van der Waals surface area contributed by atoms with Crippen molar-refractivity contribution in [1.29, 1.82) is 0 Å². The predicted molar refractivity (Wildman–Crippen MR) is 78.6 cm³/mol. The maximum Gasteiger partial charge on any atom is 0.270 e. The Morgan fingerprint density at radius 3 is 2.67 bits per heavy atom. The lowest BCUT2D eigenvalue weighted by molar-refractivity contribution is -0.0367. The van der Waals surface area contributed by atoms with Gasteiger partial charge in [-0.15, -0.1) is 0 Å². The maximum atomic E-state index is 12.2. The van der Waals surface area contributed by atoms with Gasteiger partial charge in [0.25, 0.3) is 5.91 Å². The molecule has 21 heavy (non-hydrogen) atoms. The smallest absolute Gasteiger partial charge is 0.270 e. The summed E-state index contributed by atoms with van der Waals surface area (Å²) in [5, 5.41) is 12.6. The van der Waals surface area contributed by atoms with E-state index in [0.717, 1.165) is 5.56 Å². The molecule has 0 spiro atoms. The second-order valence-electron chi connectivity index (χ2n) is 5.71. The van der Waals surface area contributed by atoms with E-state index >= 15 is 0 Å². The zero-order valence-electron chi connectivity index (χ0n) is 11.8. The van der Waals surface area contributed by atoms with Gasteiger partial charge in [-0.25, -0.2) is 9.97 Å². The van der Waals surface area contributed by atoms with Crippen LogP contribution in [-0.4, -0.2) is 32.6 Å². The Labute approximate surface area is 123 Å². The number of nitrogens with zero attached hydrogens (tertiary/aromatic N) is 2. The van der Waals surface area contributed by atoms with Gasteiger partial charge in [-0.2, -0.15) is 0 Å². The van der Waals surface area contributed by atoms with Crippen LogP contribution in [0.25, 0.3) is 11.4 Å². The van der Waals surface area contributed by atoms with E-state index < -0.39 is 5.60 Å². The monoisotopic (exact) mass is 283 g/mol. The fraction of sp³-hybridized carbons (Fsp3) is 0.312. The Kier molecular flexibility index (Phi) is 3.43. The van der Waals surface area contributed by atoms with Gasteiger partial charge in [0.15, 0.2) is 5.82 Å². The predicted octanol–water partition coefficient (Wildman–Crippen LogP) is 1.79. The number of carbonyl (C=O) groups is 1.